The van der Waals surface area contributed by atoms with E-state index >= 15 is 0 Å². The fourth-order valence-corrected chi connectivity index (χ4v) is 1.77. The van der Waals surface area contributed by atoms with E-state index in [0.717, 1.165) is 5.56 Å². The molecule has 2 rings (SSSR count). The third-order valence-electron chi connectivity index (χ3n) is 2.87. The number of carbonyl (C=O) groups excluding carboxylic acids is 1. The van der Waals surface area contributed by atoms with Crippen LogP contribution in [-0.4, -0.2) is 15.9 Å². The molecule has 2 aromatic rings. The number of nitrogens with zero attached hydrogens (tertiary/aromatic N) is 2. The molecule has 0 saturated carbocycles. The molecule has 1 amide bonds. The summed E-state index contributed by atoms with van der Waals surface area (Å²) in [5.41, 5.74) is 1.43. The zero-order valence-corrected chi connectivity index (χ0v) is 11.3. The Kier molecular flexibility index (Phi) is 4.06. The summed E-state index contributed by atoms with van der Waals surface area (Å²) in [5.74, 6) is 2.90. The molecule has 1 N–H and O–H groups in total. The van der Waals surface area contributed by atoms with Gasteiger partial charge in [-0.05, 0) is 12.5 Å². The minimum atomic E-state index is -0.568. The summed E-state index contributed by atoms with van der Waals surface area (Å²) in [4.78, 5) is 11.9. The van der Waals surface area contributed by atoms with Crippen molar-refractivity contribution in [2.24, 2.45) is 7.05 Å². The molecule has 1 aromatic heterocycles. The Hall–Kier alpha value is -2.74. The fraction of sp³-hybridized carbons (Fsp3) is 0.200. The predicted molar refractivity (Wildman–Crippen MR) is 76.1 cm³/mol. The first-order valence-electron chi connectivity index (χ1n) is 6.13. The van der Waals surface area contributed by atoms with Gasteiger partial charge in [-0.15, -0.1) is 6.42 Å². The highest BCUT2D eigenvalue weighted by Crippen LogP contribution is 2.18. The summed E-state index contributed by atoms with van der Waals surface area (Å²) >= 11 is 0. The highest BCUT2D eigenvalue weighted by atomic mass is 16.6. The SMILES string of the molecule is C#Cc1cnn(C)c1NC(=O)O[C@H](C)c1ccccc1. The smallest absolute Gasteiger partial charge is 0.413 e. The molecule has 5 nitrogen and oxygen atoms in total. The van der Waals surface area contributed by atoms with Crippen molar-refractivity contribution in [3.63, 3.8) is 0 Å². The molecule has 0 aliphatic rings. The molecule has 0 aliphatic heterocycles. The number of hydrogen-bond donors (Lipinski definition) is 1. The van der Waals surface area contributed by atoms with Crippen LogP contribution in [0.1, 0.15) is 24.2 Å². The monoisotopic (exact) mass is 269 g/mol. The molecule has 5 heteroatoms. The predicted octanol–water partition coefficient (Wildman–Crippen LogP) is 2.71. The van der Waals surface area contributed by atoms with Gasteiger partial charge < -0.3 is 4.74 Å². The van der Waals surface area contributed by atoms with Crippen LogP contribution in [0, 0.1) is 12.3 Å². The van der Waals surface area contributed by atoms with Gasteiger partial charge in [0.2, 0.25) is 0 Å². The topological polar surface area (TPSA) is 56.2 Å². The maximum Gasteiger partial charge on any atom is 0.413 e. The molecule has 0 radical (unpaired) electrons. The molecule has 0 aliphatic carbocycles. The number of carbonyl (C=O) groups is 1. The minimum Gasteiger partial charge on any atom is -0.441 e. The molecule has 0 spiro atoms. The molecular weight excluding hydrogens is 254 g/mol. The molecule has 20 heavy (non-hydrogen) atoms. The van der Waals surface area contributed by atoms with E-state index in [1.807, 2.05) is 30.3 Å². The van der Waals surface area contributed by atoms with Crippen molar-refractivity contribution in [1.29, 1.82) is 0 Å². The Morgan fingerprint density at radius 2 is 2.15 bits per heavy atom. The van der Waals surface area contributed by atoms with Gasteiger partial charge >= 0.3 is 6.09 Å². The van der Waals surface area contributed by atoms with Gasteiger partial charge in [0.05, 0.1) is 11.8 Å². The number of aromatic nitrogens is 2. The molecule has 102 valence electrons. The summed E-state index contributed by atoms with van der Waals surface area (Å²) in [5, 5.41) is 6.59. The zero-order chi connectivity index (χ0) is 14.5. The van der Waals surface area contributed by atoms with E-state index in [4.69, 9.17) is 11.2 Å². The van der Waals surface area contributed by atoms with Gasteiger partial charge in [-0.3, -0.25) is 10.00 Å². The van der Waals surface area contributed by atoms with E-state index in [1.54, 1.807) is 14.0 Å². The average molecular weight is 269 g/mol. The largest absolute Gasteiger partial charge is 0.441 e. The van der Waals surface area contributed by atoms with E-state index in [2.05, 4.69) is 16.3 Å². The summed E-state index contributed by atoms with van der Waals surface area (Å²) < 4.78 is 6.79. The van der Waals surface area contributed by atoms with Crippen molar-refractivity contribution < 1.29 is 9.53 Å². The van der Waals surface area contributed by atoms with Crippen molar-refractivity contribution >= 4 is 11.9 Å². The van der Waals surface area contributed by atoms with Crippen LogP contribution in [0.2, 0.25) is 0 Å². The molecule has 1 aromatic carbocycles. The lowest BCUT2D eigenvalue weighted by molar-refractivity contribution is 0.121. The number of anilines is 1. The minimum absolute atomic E-state index is 0.348. The maximum absolute atomic E-state index is 11.9. The number of hydrogen-bond acceptors (Lipinski definition) is 3. The van der Waals surface area contributed by atoms with Crippen LogP contribution in [0.15, 0.2) is 36.5 Å². The van der Waals surface area contributed by atoms with E-state index in [0.29, 0.717) is 11.4 Å². The van der Waals surface area contributed by atoms with Gasteiger partial charge in [0.1, 0.15) is 11.9 Å². The number of aryl methyl sites for hydroxylation is 1. The van der Waals surface area contributed by atoms with Gasteiger partial charge in [0, 0.05) is 7.05 Å². The van der Waals surface area contributed by atoms with Crippen molar-refractivity contribution in [2.75, 3.05) is 5.32 Å². The first-order valence-corrected chi connectivity index (χ1v) is 6.13. The van der Waals surface area contributed by atoms with Crippen LogP contribution < -0.4 is 5.32 Å². The van der Waals surface area contributed by atoms with E-state index in [9.17, 15) is 4.79 Å². The Balaban J connectivity index is 2.03. The Labute approximate surface area is 117 Å². The van der Waals surface area contributed by atoms with Crippen molar-refractivity contribution in [1.82, 2.24) is 9.78 Å². The van der Waals surface area contributed by atoms with Crippen LogP contribution in [0.25, 0.3) is 0 Å². The number of rotatable bonds is 3. The van der Waals surface area contributed by atoms with Gasteiger partial charge in [-0.2, -0.15) is 5.10 Å². The number of ether oxygens (including phenoxy) is 1. The molecule has 0 unspecified atom stereocenters. The number of benzene rings is 1. The second-order valence-corrected chi connectivity index (χ2v) is 4.26. The molecule has 0 saturated heterocycles. The fourth-order valence-electron chi connectivity index (χ4n) is 1.77. The van der Waals surface area contributed by atoms with E-state index < -0.39 is 6.09 Å². The Bertz CT molecular complexity index is 641. The molecule has 1 atom stereocenters. The number of terminal acetylenes is 1. The molecular formula is C15H15N3O2. The van der Waals surface area contributed by atoms with Gasteiger partial charge in [0.15, 0.2) is 0 Å². The summed E-state index contributed by atoms with van der Waals surface area (Å²) in [6, 6.07) is 9.49. The summed E-state index contributed by atoms with van der Waals surface area (Å²) in [6.07, 6.45) is 5.93. The summed E-state index contributed by atoms with van der Waals surface area (Å²) in [6.45, 7) is 1.81. The second-order valence-electron chi connectivity index (χ2n) is 4.26. The Morgan fingerprint density at radius 1 is 1.45 bits per heavy atom. The van der Waals surface area contributed by atoms with Crippen LogP contribution >= 0.6 is 0 Å². The molecule has 0 bridgehead atoms. The van der Waals surface area contributed by atoms with Crippen molar-refractivity contribution in [3.8, 4) is 12.3 Å². The lowest BCUT2D eigenvalue weighted by Crippen LogP contribution is -2.18. The molecule has 1 heterocycles. The lowest BCUT2D eigenvalue weighted by atomic mass is 10.1. The third kappa shape index (κ3) is 2.98. The van der Waals surface area contributed by atoms with Crippen LogP contribution in [0.4, 0.5) is 10.6 Å². The molecule has 0 fully saturated rings. The standard InChI is InChI=1S/C15H15N3O2/c1-4-12-10-16-18(3)14(12)17-15(19)20-11(2)13-8-6-5-7-9-13/h1,5-11H,2-3H3,(H,17,19)/t11-/m1/s1. The van der Waals surface area contributed by atoms with Gasteiger partial charge in [-0.1, -0.05) is 36.3 Å². The van der Waals surface area contributed by atoms with E-state index in [1.165, 1.54) is 10.9 Å². The van der Waals surface area contributed by atoms with Crippen molar-refractivity contribution in [2.45, 2.75) is 13.0 Å². The zero-order valence-electron chi connectivity index (χ0n) is 11.3. The van der Waals surface area contributed by atoms with Crippen LogP contribution in [0.3, 0.4) is 0 Å². The van der Waals surface area contributed by atoms with Crippen molar-refractivity contribution in [3.05, 3.63) is 47.7 Å². The highest BCUT2D eigenvalue weighted by Gasteiger charge is 2.15. The Morgan fingerprint density at radius 3 is 2.80 bits per heavy atom. The maximum atomic E-state index is 11.9. The van der Waals surface area contributed by atoms with Gasteiger partial charge in [-0.25, -0.2) is 4.79 Å². The first-order chi connectivity index (χ1) is 9.61. The van der Waals surface area contributed by atoms with Gasteiger partial charge in [0.25, 0.3) is 0 Å². The van der Waals surface area contributed by atoms with Crippen LogP contribution in [0.5, 0.6) is 0 Å². The highest BCUT2D eigenvalue weighted by molar-refractivity contribution is 5.85. The summed E-state index contributed by atoms with van der Waals surface area (Å²) in [7, 11) is 1.69. The number of amides is 1. The third-order valence-corrected chi connectivity index (χ3v) is 2.87. The first kappa shape index (κ1) is 13.7. The van der Waals surface area contributed by atoms with Crippen LogP contribution in [-0.2, 0) is 11.8 Å². The second kappa shape index (κ2) is 5.93. The normalized spacial score (nSPS) is 11.4. The number of nitrogens with one attached hydrogen (secondary N) is 1. The quantitative estimate of drug-likeness (QED) is 0.872. The lowest BCUT2D eigenvalue weighted by Gasteiger charge is -2.14. The van der Waals surface area contributed by atoms with E-state index in [-0.39, 0.29) is 6.10 Å². The average Bonchev–Trinajstić information content (AvgIpc) is 2.80.